The minimum Gasteiger partial charge on any atom is -0.481 e. The van der Waals surface area contributed by atoms with Crippen LogP contribution in [-0.4, -0.2) is 41.9 Å². The van der Waals surface area contributed by atoms with E-state index >= 15 is 0 Å². The molecule has 1 aliphatic heterocycles. The summed E-state index contributed by atoms with van der Waals surface area (Å²) in [4.78, 5) is 16.9. The maximum atomic E-state index is 10.7. The Hall–Kier alpha value is -1.06. The number of aliphatic carboxylic acids is 1. The van der Waals surface area contributed by atoms with Gasteiger partial charge in [-0.25, -0.2) is 0 Å². The molecule has 4 nitrogen and oxygen atoms in total. The van der Waals surface area contributed by atoms with E-state index in [9.17, 15) is 4.79 Å². The molecule has 0 saturated carbocycles. The molecule has 0 radical (unpaired) electrons. The van der Waals surface area contributed by atoms with E-state index in [2.05, 4.69) is 9.89 Å². The summed E-state index contributed by atoms with van der Waals surface area (Å²) in [6.07, 6.45) is 1.48. The van der Waals surface area contributed by atoms with Crippen molar-refractivity contribution < 1.29 is 9.90 Å². The maximum Gasteiger partial charge on any atom is 0.306 e. The third kappa shape index (κ3) is 2.44. The number of carboxylic acids is 1. The molecule has 0 amide bonds. The normalized spacial score (nSPS) is 20.5. The van der Waals surface area contributed by atoms with Gasteiger partial charge in [0.1, 0.15) is 0 Å². The molecule has 13 heavy (non-hydrogen) atoms. The molecule has 1 fully saturated rings. The number of carbonyl (C=O) groups is 1. The van der Waals surface area contributed by atoms with Gasteiger partial charge in [0.15, 0.2) is 0 Å². The Morgan fingerprint density at radius 1 is 1.46 bits per heavy atom. The van der Waals surface area contributed by atoms with Gasteiger partial charge in [-0.3, -0.25) is 9.79 Å². The first-order valence-corrected chi connectivity index (χ1v) is 4.56. The van der Waals surface area contributed by atoms with Gasteiger partial charge in [0.2, 0.25) is 0 Å². The van der Waals surface area contributed by atoms with Crippen molar-refractivity contribution >= 4 is 11.8 Å². The van der Waals surface area contributed by atoms with E-state index in [0.29, 0.717) is 0 Å². The number of piperidine rings is 1. The second-order valence-corrected chi connectivity index (χ2v) is 3.37. The molecule has 0 unspecified atom stereocenters. The van der Waals surface area contributed by atoms with E-state index in [1.165, 1.54) is 0 Å². The first-order chi connectivity index (χ1) is 6.15. The lowest BCUT2D eigenvalue weighted by Gasteiger charge is -2.31. The number of nitrogens with zero attached hydrogens (tertiary/aromatic N) is 2. The molecule has 74 valence electrons. The zero-order valence-corrected chi connectivity index (χ0v) is 8.16. The van der Waals surface area contributed by atoms with Crippen LogP contribution >= 0.6 is 0 Å². The van der Waals surface area contributed by atoms with Crippen molar-refractivity contribution in [3.8, 4) is 0 Å². The second-order valence-electron chi connectivity index (χ2n) is 3.37. The summed E-state index contributed by atoms with van der Waals surface area (Å²) >= 11 is 0. The predicted molar refractivity (Wildman–Crippen MR) is 51.0 cm³/mol. The fourth-order valence-corrected chi connectivity index (χ4v) is 1.59. The number of amidine groups is 1. The van der Waals surface area contributed by atoms with E-state index in [-0.39, 0.29) is 5.92 Å². The van der Waals surface area contributed by atoms with Crippen molar-refractivity contribution in [2.75, 3.05) is 20.1 Å². The minimum absolute atomic E-state index is 0.152. The van der Waals surface area contributed by atoms with Crippen LogP contribution in [0.15, 0.2) is 4.99 Å². The topological polar surface area (TPSA) is 52.9 Å². The van der Waals surface area contributed by atoms with Gasteiger partial charge in [0.05, 0.1) is 11.8 Å². The Kier molecular flexibility index (Phi) is 3.28. The molecule has 0 aromatic heterocycles. The Bertz CT molecular complexity index is 218. The van der Waals surface area contributed by atoms with Gasteiger partial charge in [-0.05, 0) is 19.8 Å². The molecule has 4 heteroatoms. The van der Waals surface area contributed by atoms with Crippen LogP contribution in [0.4, 0.5) is 0 Å². The lowest BCUT2D eigenvalue weighted by molar-refractivity contribution is -0.143. The Balaban J connectivity index is 2.43. The summed E-state index contributed by atoms with van der Waals surface area (Å²) in [7, 11) is 1.76. The lowest BCUT2D eigenvalue weighted by Crippen LogP contribution is -2.39. The standard InChI is InChI=1S/C9H16N2O2/c1-7(10-2)11-5-3-8(4-6-11)9(12)13/h8H,3-6H2,1-2H3,(H,12,13)/b10-7+. The number of carboxylic acid groups (broad SMARTS) is 1. The number of hydrogen-bond donors (Lipinski definition) is 1. The van der Waals surface area contributed by atoms with E-state index in [1.807, 2.05) is 6.92 Å². The second kappa shape index (κ2) is 4.25. The van der Waals surface area contributed by atoms with Crippen molar-refractivity contribution in [2.24, 2.45) is 10.9 Å². The SMILES string of the molecule is C/N=C(\C)N1CCC(C(=O)O)CC1. The smallest absolute Gasteiger partial charge is 0.306 e. The Morgan fingerprint density at radius 3 is 2.38 bits per heavy atom. The molecule has 1 rings (SSSR count). The highest BCUT2D eigenvalue weighted by Gasteiger charge is 2.24. The highest BCUT2D eigenvalue weighted by atomic mass is 16.4. The molecule has 1 saturated heterocycles. The van der Waals surface area contributed by atoms with Gasteiger partial charge in [0.25, 0.3) is 0 Å². The maximum absolute atomic E-state index is 10.7. The molecule has 0 aliphatic carbocycles. The highest BCUT2D eigenvalue weighted by Crippen LogP contribution is 2.17. The van der Waals surface area contributed by atoms with Crippen molar-refractivity contribution in [2.45, 2.75) is 19.8 Å². The molecule has 0 spiro atoms. The lowest BCUT2D eigenvalue weighted by atomic mass is 9.97. The van der Waals surface area contributed by atoms with E-state index in [1.54, 1.807) is 7.05 Å². The summed E-state index contributed by atoms with van der Waals surface area (Å²) in [5.41, 5.74) is 0. The highest BCUT2D eigenvalue weighted by molar-refractivity contribution is 5.80. The molecular formula is C9H16N2O2. The summed E-state index contributed by atoms with van der Waals surface area (Å²) in [5.74, 6) is 0.190. The van der Waals surface area contributed by atoms with Gasteiger partial charge in [-0.2, -0.15) is 0 Å². The van der Waals surface area contributed by atoms with E-state index in [0.717, 1.165) is 31.8 Å². The fraction of sp³-hybridized carbons (Fsp3) is 0.778. The quantitative estimate of drug-likeness (QED) is 0.485. The molecule has 1 N–H and O–H groups in total. The third-order valence-electron chi connectivity index (χ3n) is 2.63. The van der Waals surface area contributed by atoms with E-state index in [4.69, 9.17) is 5.11 Å². The molecule has 0 atom stereocenters. The average Bonchev–Trinajstić information content (AvgIpc) is 2.17. The number of hydrogen-bond acceptors (Lipinski definition) is 2. The minimum atomic E-state index is -0.661. The molecule has 0 aromatic carbocycles. The molecule has 1 aliphatic rings. The number of likely N-dealkylation sites (tertiary alicyclic amines) is 1. The van der Waals surface area contributed by atoms with Crippen LogP contribution in [0.2, 0.25) is 0 Å². The van der Waals surface area contributed by atoms with Crippen molar-refractivity contribution in [3.05, 3.63) is 0 Å². The summed E-state index contributed by atoms with van der Waals surface area (Å²) in [5, 5.41) is 8.77. The van der Waals surface area contributed by atoms with Gasteiger partial charge < -0.3 is 10.0 Å². The van der Waals surface area contributed by atoms with Gasteiger partial charge in [-0.1, -0.05) is 0 Å². The van der Waals surface area contributed by atoms with Crippen molar-refractivity contribution in [1.82, 2.24) is 4.90 Å². The Labute approximate surface area is 78.3 Å². The van der Waals surface area contributed by atoms with Gasteiger partial charge in [-0.15, -0.1) is 0 Å². The largest absolute Gasteiger partial charge is 0.481 e. The van der Waals surface area contributed by atoms with Crippen LogP contribution in [0.1, 0.15) is 19.8 Å². The third-order valence-corrected chi connectivity index (χ3v) is 2.63. The molecule has 1 heterocycles. The zero-order valence-electron chi connectivity index (χ0n) is 8.16. The van der Waals surface area contributed by atoms with Gasteiger partial charge >= 0.3 is 5.97 Å². The van der Waals surface area contributed by atoms with Crippen LogP contribution in [-0.2, 0) is 4.79 Å². The monoisotopic (exact) mass is 184 g/mol. The first-order valence-electron chi connectivity index (χ1n) is 4.56. The van der Waals surface area contributed by atoms with Crippen molar-refractivity contribution in [3.63, 3.8) is 0 Å². The fourth-order valence-electron chi connectivity index (χ4n) is 1.59. The molecule has 0 aromatic rings. The Morgan fingerprint density at radius 2 is 2.00 bits per heavy atom. The average molecular weight is 184 g/mol. The number of rotatable bonds is 1. The predicted octanol–water partition coefficient (Wildman–Crippen LogP) is 0.831. The van der Waals surface area contributed by atoms with Crippen molar-refractivity contribution in [1.29, 1.82) is 0 Å². The van der Waals surface area contributed by atoms with E-state index < -0.39 is 5.97 Å². The van der Waals surface area contributed by atoms with Crippen LogP contribution < -0.4 is 0 Å². The van der Waals surface area contributed by atoms with Crippen LogP contribution in [0.5, 0.6) is 0 Å². The first kappa shape index (κ1) is 10.0. The zero-order chi connectivity index (χ0) is 9.84. The summed E-state index contributed by atoms with van der Waals surface area (Å²) < 4.78 is 0. The van der Waals surface area contributed by atoms with Crippen LogP contribution in [0.3, 0.4) is 0 Å². The summed E-state index contributed by atoms with van der Waals surface area (Å²) in [6.45, 7) is 3.60. The molecular weight excluding hydrogens is 168 g/mol. The van der Waals surface area contributed by atoms with Crippen LogP contribution in [0.25, 0.3) is 0 Å². The van der Waals surface area contributed by atoms with Crippen LogP contribution in [0, 0.1) is 5.92 Å². The van der Waals surface area contributed by atoms with Gasteiger partial charge in [0, 0.05) is 20.1 Å². The molecule has 0 bridgehead atoms. The summed E-state index contributed by atoms with van der Waals surface area (Å²) in [6, 6.07) is 0. The number of aliphatic imine (C=N–C) groups is 1.